The van der Waals surface area contributed by atoms with Crippen LogP contribution in [0, 0.1) is 6.92 Å². The van der Waals surface area contributed by atoms with Gasteiger partial charge in [-0.15, -0.1) is 0 Å². The molecule has 3 nitrogen and oxygen atoms in total. The highest BCUT2D eigenvalue weighted by molar-refractivity contribution is 5.34. The van der Waals surface area contributed by atoms with E-state index < -0.39 is 11.3 Å². The molecule has 14 heavy (non-hydrogen) atoms. The summed E-state index contributed by atoms with van der Waals surface area (Å²) in [4.78, 5) is 0. The normalized spacial score (nSPS) is 29.2. The van der Waals surface area contributed by atoms with E-state index in [2.05, 4.69) is 5.10 Å². The molecule has 1 aliphatic rings. The first-order chi connectivity index (χ1) is 6.43. The van der Waals surface area contributed by atoms with Gasteiger partial charge in [0.1, 0.15) is 0 Å². The molecule has 1 heterocycles. The standard InChI is InChI=1S/C9H13F2N3/c1-6-3-7(13-14(6)2)8(5-12)4-9(8,10)11/h3H,4-5,12H2,1-2H3. The van der Waals surface area contributed by atoms with Crippen molar-refractivity contribution in [1.82, 2.24) is 9.78 Å². The van der Waals surface area contributed by atoms with Crippen molar-refractivity contribution in [2.75, 3.05) is 6.54 Å². The number of hydrogen-bond donors (Lipinski definition) is 1. The average molecular weight is 201 g/mol. The fourth-order valence-corrected chi connectivity index (χ4v) is 1.73. The molecule has 0 bridgehead atoms. The van der Waals surface area contributed by atoms with Gasteiger partial charge in [0.2, 0.25) is 0 Å². The van der Waals surface area contributed by atoms with Gasteiger partial charge in [0, 0.05) is 25.7 Å². The molecular weight excluding hydrogens is 188 g/mol. The van der Waals surface area contributed by atoms with Crippen molar-refractivity contribution in [1.29, 1.82) is 0 Å². The van der Waals surface area contributed by atoms with E-state index in [0.29, 0.717) is 5.69 Å². The summed E-state index contributed by atoms with van der Waals surface area (Å²) >= 11 is 0. The lowest BCUT2D eigenvalue weighted by Gasteiger charge is -2.09. The van der Waals surface area contributed by atoms with Gasteiger partial charge in [-0.05, 0) is 13.0 Å². The predicted octanol–water partition coefficient (Wildman–Crippen LogP) is 0.964. The number of aromatic nitrogens is 2. The van der Waals surface area contributed by atoms with E-state index in [1.807, 2.05) is 6.92 Å². The lowest BCUT2D eigenvalue weighted by Crippen LogP contribution is -2.27. The Morgan fingerprint density at radius 1 is 1.64 bits per heavy atom. The first kappa shape index (κ1) is 9.58. The number of nitrogens with zero attached hydrogens (tertiary/aromatic N) is 2. The molecule has 78 valence electrons. The van der Waals surface area contributed by atoms with Crippen molar-refractivity contribution in [2.45, 2.75) is 24.7 Å². The molecular formula is C9H13F2N3. The zero-order valence-electron chi connectivity index (χ0n) is 8.22. The van der Waals surface area contributed by atoms with E-state index in [9.17, 15) is 8.78 Å². The Labute approximate surface area is 80.9 Å². The molecule has 5 heteroatoms. The Hall–Kier alpha value is -0.970. The summed E-state index contributed by atoms with van der Waals surface area (Å²) in [6, 6.07) is 1.69. The van der Waals surface area contributed by atoms with Crippen LogP contribution in [0.3, 0.4) is 0 Å². The SMILES string of the molecule is Cc1cc(C2(CN)CC2(F)F)nn1C. The Balaban J connectivity index is 2.40. The molecule has 0 amide bonds. The highest BCUT2D eigenvalue weighted by Gasteiger charge is 2.72. The summed E-state index contributed by atoms with van der Waals surface area (Å²) in [6.45, 7) is 1.79. The quantitative estimate of drug-likeness (QED) is 0.774. The maximum atomic E-state index is 13.1. The molecule has 1 saturated carbocycles. The monoisotopic (exact) mass is 201 g/mol. The molecule has 1 aliphatic carbocycles. The molecule has 0 aromatic carbocycles. The van der Waals surface area contributed by atoms with Crippen LogP contribution >= 0.6 is 0 Å². The minimum atomic E-state index is -2.68. The Morgan fingerprint density at radius 3 is 2.50 bits per heavy atom. The molecule has 1 fully saturated rings. The number of nitrogens with two attached hydrogens (primary N) is 1. The third-order valence-corrected chi connectivity index (χ3v) is 3.05. The number of alkyl halides is 2. The highest BCUT2D eigenvalue weighted by Crippen LogP contribution is 2.60. The van der Waals surface area contributed by atoms with Crippen LogP contribution in [0.4, 0.5) is 8.78 Å². The smallest absolute Gasteiger partial charge is 0.261 e. The van der Waals surface area contributed by atoms with Crippen LogP contribution in [0.15, 0.2) is 6.07 Å². The zero-order valence-corrected chi connectivity index (χ0v) is 8.22. The van der Waals surface area contributed by atoms with Crippen LogP contribution in [0.25, 0.3) is 0 Å². The van der Waals surface area contributed by atoms with Crippen molar-refractivity contribution in [3.05, 3.63) is 17.5 Å². The second-order valence-electron chi connectivity index (χ2n) is 3.96. The minimum Gasteiger partial charge on any atom is -0.329 e. The van der Waals surface area contributed by atoms with Crippen molar-refractivity contribution in [2.24, 2.45) is 12.8 Å². The van der Waals surface area contributed by atoms with E-state index >= 15 is 0 Å². The molecule has 0 aliphatic heterocycles. The average Bonchev–Trinajstić information content (AvgIpc) is 2.52. The van der Waals surface area contributed by atoms with Crippen LogP contribution in [-0.4, -0.2) is 22.2 Å². The maximum Gasteiger partial charge on any atom is 0.261 e. The Kier molecular flexibility index (Phi) is 1.73. The van der Waals surface area contributed by atoms with Crippen LogP contribution in [0.5, 0.6) is 0 Å². The van der Waals surface area contributed by atoms with Crippen molar-refractivity contribution in [3.8, 4) is 0 Å². The highest BCUT2D eigenvalue weighted by atomic mass is 19.3. The van der Waals surface area contributed by atoms with Gasteiger partial charge < -0.3 is 5.73 Å². The first-order valence-electron chi connectivity index (χ1n) is 4.52. The number of hydrogen-bond acceptors (Lipinski definition) is 2. The molecule has 0 radical (unpaired) electrons. The fraction of sp³-hybridized carbons (Fsp3) is 0.667. The molecule has 1 aromatic rings. The van der Waals surface area contributed by atoms with Crippen molar-refractivity contribution >= 4 is 0 Å². The fourth-order valence-electron chi connectivity index (χ4n) is 1.73. The number of halogens is 2. The molecule has 0 saturated heterocycles. The van der Waals surface area contributed by atoms with Crippen molar-refractivity contribution < 1.29 is 8.78 Å². The van der Waals surface area contributed by atoms with Gasteiger partial charge in [-0.3, -0.25) is 4.68 Å². The molecule has 1 aromatic heterocycles. The molecule has 2 rings (SSSR count). The Morgan fingerprint density at radius 2 is 2.21 bits per heavy atom. The van der Waals surface area contributed by atoms with Gasteiger partial charge in [-0.25, -0.2) is 8.78 Å². The summed E-state index contributed by atoms with van der Waals surface area (Å²) in [5, 5.41) is 4.07. The van der Waals surface area contributed by atoms with Gasteiger partial charge in [0.05, 0.1) is 11.1 Å². The van der Waals surface area contributed by atoms with Gasteiger partial charge in [0.25, 0.3) is 5.92 Å². The molecule has 1 unspecified atom stereocenters. The third kappa shape index (κ3) is 1.02. The van der Waals surface area contributed by atoms with Crippen molar-refractivity contribution in [3.63, 3.8) is 0 Å². The van der Waals surface area contributed by atoms with E-state index in [-0.39, 0.29) is 13.0 Å². The summed E-state index contributed by atoms with van der Waals surface area (Å²) in [7, 11) is 1.74. The minimum absolute atomic E-state index is 0.0452. The summed E-state index contributed by atoms with van der Waals surface area (Å²) in [5.74, 6) is -2.68. The van der Waals surface area contributed by atoms with Crippen LogP contribution in [0.2, 0.25) is 0 Å². The lowest BCUT2D eigenvalue weighted by atomic mass is 10.0. The second-order valence-corrected chi connectivity index (χ2v) is 3.96. The summed E-state index contributed by atoms with van der Waals surface area (Å²) in [5.41, 5.74) is 5.50. The maximum absolute atomic E-state index is 13.1. The van der Waals surface area contributed by atoms with Gasteiger partial charge >= 0.3 is 0 Å². The molecule has 0 spiro atoms. The Bertz CT molecular complexity index is 353. The van der Waals surface area contributed by atoms with Crippen LogP contribution < -0.4 is 5.73 Å². The first-order valence-corrected chi connectivity index (χ1v) is 4.52. The summed E-state index contributed by atoms with van der Waals surface area (Å²) < 4.78 is 27.9. The number of rotatable bonds is 2. The van der Waals surface area contributed by atoms with E-state index in [4.69, 9.17) is 5.73 Å². The lowest BCUT2D eigenvalue weighted by molar-refractivity contribution is 0.0885. The molecule has 2 N–H and O–H groups in total. The number of aryl methyl sites for hydroxylation is 2. The third-order valence-electron chi connectivity index (χ3n) is 3.05. The second kappa shape index (κ2) is 2.53. The van der Waals surface area contributed by atoms with Crippen LogP contribution in [0.1, 0.15) is 17.8 Å². The van der Waals surface area contributed by atoms with Gasteiger partial charge in [0.15, 0.2) is 0 Å². The largest absolute Gasteiger partial charge is 0.329 e. The summed E-state index contributed by atoms with van der Waals surface area (Å²) in [6.07, 6.45) is -0.174. The topological polar surface area (TPSA) is 43.8 Å². The van der Waals surface area contributed by atoms with E-state index in [1.165, 1.54) is 0 Å². The van der Waals surface area contributed by atoms with Gasteiger partial charge in [-0.1, -0.05) is 0 Å². The molecule has 1 atom stereocenters. The van der Waals surface area contributed by atoms with Gasteiger partial charge in [-0.2, -0.15) is 5.10 Å². The van der Waals surface area contributed by atoms with E-state index in [0.717, 1.165) is 5.69 Å². The zero-order chi connectivity index (χ0) is 10.6. The van der Waals surface area contributed by atoms with Crippen LogP contribution in [-0.2, 0) is 12.5 Å². The predicted molar refractivity (Wildman–Crippen MR) is 48.2 cm³/mol. The van der Waals surface area contributed by atoms with E-state index in [1.54, 1.807) is 17.8 Å².